The van der Waals surface area contributed by atoms with Crippen molar-refractivity contribution >= 4 is 17.3 Å². The van der Waals surface area contributed by atoms with Crippen LogP contribution >= 0.6 is 0 Å². The number of aromatic nitrogens is 2. The SMILES string of the molecule is O=C(NCCC1=CCCCC1)c1nc(C(=O)N2CCCCCC2)n2ccccc12. The molecule has 1 fully saturated rings. The van der Waals surface area contributed by atoms with Gasteiger partial charge in [-0.3, -0.25) is 14.0 Å². The predicted molar refractivity (Wildman–Crippen MR) is 113 cm³/mol. The molecule has 0 spiro atoms. The zero-order chi connectivity index (χ0) is 20.1. The summed E-state index contributed by atoms with van der Waals surface area (Å²) in [5.74, 6) is 0.0437. The third kappa shape index (κ3) is 4.52. The molecule has 1 aliphatic carbocycles. The van der Waals surface area contributed by atoms with Gasteiger partial charge in [-0.25, -0.2) is 4.98 Å². The molecule has 0 unspecified atom stereocenters. The van der Waals surface area contributed by atoms with Gasteiger partial charge in [-0.1, -0.05) is 30.6 Å². The number of nitrogens with one attached hydrogen (secondary N) is 1. The molecule has 1 saturated heterocycles. The highest BCUT2D eigenvalue weighted by Gasteiger charge is 2.25. The van der Waals surface area contributed by atoms with Crippen LogP contribution in [0.25, 0.3) is 5.52 Å². The monoisotopic (exact) mass is 394 g/mol. The Morgan fingerprint density at radius 1 is 1.03 bits per heavy atom. The van der Waals surface area contributed by atoms with Gasteiger partial charge in [-0.05, 0) is 57.1 Å². The van der Waals surface area contributed by atoms with Gasteiger partial charge in [0, 0.05) is 25.8 Å². The number of amides is 2. The summed E-state index contributed by atoms with van der Waals surface area (Å²) in [6.45, 7) is 2.13. The van der Waals surface area contributed by atoms with Crippen LogP contribution in [0.3, 0.4) is 0 Å². The number of carbonyl (C=O) groups excluding carboxylic acids is 2. The molecule has 4 rings (SSSR count). The molecule has 2 amide bonds. The quantitative estimate of drug-likeness (QED) is 0.781. The Labute approximate surface area is 172 Å². The van der Waals surface area contributed by atoms with E-state index in [-0.39, 0.29) is 11.8 Å². The van der Waals surface area contributed by atoms with E-state index in [4.69, 9.17) is 0 Å². The average Bonchev–Trinajstić information content (AvgIpc) is 2.93. The minimum atomic E-state index is -0.208. The maximum Gasteiger partial charge on any atom is 0.290 e. The summed E-state index contributed by atoms with van der Waals surface area (Å²) >= 11 is 0. The standard InChI is InChI=1S/C23H30N4O2/c28-22(24-14-13-18-10-4-3-5-11-18)20-19-12-6-9-17-27(19)21(25-20)23(29)26-15-7-1-2-8-16-26/h6,9-10,12,17H,1-5,7-8,11,13-16H2,(H,24,28). The van der Waals surface area contributed by atoms with Gasteiger partial charge in [0.1, 0.15) is 0 Å². The zero-order valence-electron chi connectivity index (χ0n) is 17.0. The van der Waals surface area contributed by atoms with Crippen molar-refractivity contribution in [2.75, 3.05) is 19.6 Å². The largest absolute Gasteiger partial charge is 0.350 e. The fourth-order valence-electron chi connectivity index (χ4n) is 4.32. The van der Waals surface area contributed by atoms with Gasteiger partial charge in [0.15, 0.2) is 5.69 Å². The molecule has 0 aromatic carbocycles. The van der Waals surface area contributed by atoms with Gasteiger partial charge in [0.25, 0.3) is 11.8 Å². The van der Waals surface area contributed by atoms with E-state index in [0.29, 0.717) is 23.6 Å². The van der Waals surface area contributed by atoms with Crippen LogP contribution in [0.1, 0.15) is 78.9 Å². The van der Waals surface area contributed by atoms with Crippen molar-refractivity contribution < 1.29 is 9.59 Å². The minimum Gasteiger partial charge on any atom is -0.350 e. The fourth-order valence-corrected chi connectivity index (χ4v) is 4.32. The first-order chi connectivity index (χ1) is 14.2. The van der Waals surface area contributed by atoms with Crippen molar-refractivity contribution in [1.82, 2.24) is 19.6 Å². The van der Waals surface area contributed by atoms with Gasteiger partial charge in [0.05, 0.1) is 5.52 Å². The molecule has 6 nitrogen and oxygen atoms in total. The van der Waals surface area contributed by atoms with E-state index in [2.05, 4.69) is 16.4 Å². The molecule has 2 aliphatic rings. The molecule has 1 aliphatic heterocycles. The van der Waals surface area contributed by atoms with Crippen LogP contribution in [0, 0.1) is 0 Å². The number of allylic oxidation sites excluding steroid dienone is 1. The van der Waals surface area contributed by atoms with Crippen LogP contribution in [-0.4, -0.2) is 45.7 Å². The summed E-state index contributed by atoms with van der Waals surface area (Å²) in [5, 5.41) is 3.00. The highest BCUT2D eigenvalue weighted by molar-refractivity contribution is 6.02. The molecule has 0 radical (unpaired) electrons. The lowest BCUT2D eigenvalue weighted by atomic mass is 9.97. The number of carbonyl (C=O) groups is 2. The summed E-state index contributed by atoms with van der Waals surface area (Å²) in [7, 11) is 0. The van der Waals surface area contributed by atoms with E-state index in [1.54, 1.807) is 4.40 Å². The first-order valence-corrected chi connectivity index (χ1v) is 11.0. The molecular formula is C23H30N4O2. The predicted octanol–water partition coefficient (Wildman–Crippen LogP) is 3.97. The van der Waals surface area contributed by atoms with E-state index in [0.717, 1.165) is 58.0 Å². The van der Waals surface area contributed by atoms with E-state index in [1.807, 2.05) is 29.3 Å². The number of imidazole rings is 1. The average molecular weight is 395 g/mol. The Balaban J connectivity index is 1.51. The number of nitrogens with zero attached hydrogens (tertiary/aromatic N) is 3. The first-order valence-electron chi connectivity index (χ1n) is 11.0. The molecule has 2 aromatic rings. The molecule has 0 atom stereocenters. The number of rotatable bonds is 5. The van der Waals surface area contributed by atoms with Gasteiger partial charge >= 0.3 is 0 Å². The van der Waals surface area contributed by atoms with Crippen molar-refractivity contribution in [2.24, 2.45) is 0 Å². The minimum absolute atomic E-state index is 0.0838. The van der Waals surface area contributed by atoms with Crippen molar-refractivity contribution in [3.05, 3.63) is 47.6 Å². The Morgan fingerprint density at radius 2 is 1.86 bits per heavy atom. The highest BCUT2D eigenvalue weighted by atomic mass is 16.2. The summed E-state index contributed by atoms with van der Waals surface area (Å²) < 4.78 is 1.76. The lowest BCUT2D eigenvalue weighted by molar-refractivity contribution is 0.0748. The van der Waals surface area contributed by atoms with Crippen LogP contribution in [0.4, 0.5) is 0 Å². The van der Waals surface area contributed by atoms with Crippen LogP contribution in [0.15, 0.2) is 36.0 Å². The van der Waals surface area contributed by atoms with Crippen molar-refractivity contribution in [3.63, 3.8) is 0 Å². The zero-order valence-corrected chi connectivity index (χ0v) is 17.0. The fraction of sp³-hybridized carbons (Fsp3) is 0.522. The van der Waals surface area contributed by atoms with Crippen LogP contribution < -0.4 is 5.32 Å². The lowest BCUT2D eigenvalue weighted by Crippen LogP contribution is -2.33. The van der Waals surface area contributed by atoms with Crippen LogP contribution in [-0.2, 0) is 0 Å². The number of likely N-dealkylation sites (tertiary alicyclic amines) is 1. The maximum absolute atomic E-state index is 13.1. The molecule has 29 heavy (non-hydrogen) atoms. The van der Waals surface area contributed by atoms with Crippen LogP contribution in [0.2, 0.25) is 0 Å². The van der Waals surface area contributed by atoms with Crippen LogP contribution in [0.5, 0.6) is 0 Å². The Hall–Kier alpha value is -2.63. The Bertz CT molecular complexity index is 907. The van der Waals surface area contributed by atoms with E-state index in [1.165, 1.54) is 18.4 Å². The Morgan fingerprint density at radius 3 is 2.62 bits per heavy atom. The third-order valence-electron chi connectivity index (χ3n) is 5.96. The topological polar surface area (TPSA) is 66.7 Å². The number of hydrogen-bond acceptors (Lipinski definition) is 3. The molecule has 0 saturated carbocycles. The lowest BCUT2D eigenvalue weighted by Gasteiger charge is -2.19. The molecule has 1 N–H and O–H groups in total. The number of pyridine rings is 1. The van der Waals surface area contributed by atoms with Gasteiger partial charge < -0.3 is 10.2 Å². The maximum atomic E-state index is 13.1. The molecule has 2 aromatic heterocycles. The summed E-state index contributed by atoms with van der Waals surface area (Å²) in [5.41, 5.74) is 2.45. The second-order valence-electron chi connectivity index (χ2n) is 8.06. The van der Waals surface area contributed by atoms with E-state index in [9.17, 15) is 9.59 Å². The van der Waals surface area contributed by atoms with Gasteiger partial charge in [-0.15, -0.1) is 0 Å². The normalized spacial score (nSPS) is 17.7. The summed E-state index contributed by atoms with van der Waals surface area (Å²) in [6.07, 6.45) is 14.2. The van der Waals surface area contributed by atoms with Gasteiger partial charge in [0.2, 0.25) is 5.82 Å². The van der Waals surface area contributed by atoms with E-state index < -0.39 is 0 Å². The van der Waals surface area contributed by atoms with Gasteiger partial charge in [-0.2, -0.15) is 0 Å². The smallest absolute Gasteiger partial charge is 0.290 e. The molecule has 154 valence electrons. The molecular weight excluding hydrogens is 364 g/mol. The third-order valence-corrected chi connectivity index (χ3v) is 5.96. The van der Waals surface area contributed by atoms with E-state index >= 15 is 0 Å². The van der Waals surface area contributed by atoms with Crippen molar-refractivity contribution in [1.29, 1.82) is 0 Å². The highest BCUT2D eigenvalue weighted by Crippen LogP contribution is 2.20. The number of fused-ring (bicyclic) bond motifs is 1. The summed E-state index contributed by atoms with van der Waals surface area (Å²) in [6, 6.07) is 5.59. The number of hydrogen-bond donors (Lipinski definition) is 1. The Kier molecular flexibility index (Phi) is 6.27. The summed E-state index contributed by atoms with van der Waals surface area (Å²) in [4.78, 5) is 32.3. The first kappa shape index (κ1) is 19.7. The molecule has 6 heteroatoms. The molecule has 0 bridgehead atoms. The van der Waals surface area contributed by atoms with Crippen molar-refractivity contribution in [3.8, 4) is 0 Å². The second kappa shape index (κ2) is 9.25. The van der Waals surface area contributed by atoms with Crippen molar-refractivity contribution in [2.45, 2.75) is 57.8 Å². The second-order valence-corrected chi connectivity index (χ2v) is 8.06. The molecule has 3 heterocycles.